The van der Waals surface area contributed by atoms with Crippen LogP contribution in [0.3, 0.4) is 0 Å². The molecule has 9 heteroatoms. The summed E-state index contributed by atoms with van der Waals surface area (Å²) in [7, 11) is -2.32. The molecule has 0 radical (unpaired) electrons. The lowest BCUT2D eigenvalue weighted by molar-refractivity contribution is 0.411. The van der Waals surface area contributed by atoms with Gasteiger partial charge in [-0.2, -0.15) is 9.97 Å². The highest BCUT2D eigenvalue weighted by Crippen LogP contribution is 2.29. The second kappa shape index (κ2) is 7.36. The summed E-state index contributed by atoms with van der Waals surface area (Å²) >= 11 is 0. The van der Waals surface area contributed by atoms with Crippen molar-refractivity contribution in [1.82, 2.24) is 15.0 Å². The summed E-state index contributed by atoms with van der Waals surface area (Å²) in [6.07, 6.45) is 2.98. The van der Waals surface area contributed by atoms with Gasteiger partial charge in [0.15, 0.2) is 0 Å². The standard InChI is InChI=1S/C20H15N3O5S/c1-27-13-4-2-6-15(10-13)29(25,26)16-7-3-5-14(11-16)28-20-22-18-12-21-9-8-17(18)19(24)23-20/h2-12H,1H3,(H,22,23,24). The Morgan fingerprint density at radius 3 is 2.34 bits per heavy atom. The Labute approximate surface area is 166 Å². The third-order valence-electron chi connectivity index (χ3n) is 4.14. The van der Waals surface area contributed by atoms with Crippen LogP contribution in [0.25, 0.3) is 10.9 Å². The van der Waals surface area contributed by atoms with Crippen molar-refractivity contribution in [3.05, 3.63) is 67.0 Å². The number of rotatable bonds is 5. The summed E-state index contributed by atoms with van der Waals surface area (Å²) in [5.74, 6) is 0.385. The molecular formula is C20H15N3O5S. The molecule has 0 amide bonds. The van der Waals surface area contributed by atoms with Gasteiger partial charge < -0.3 is 14.6 Å². The smallest absolute Gasteiger partial charge is 0.325 e. The van der Waals surface area contributed by atoms with E-state index in [0.29, 0.717) is 16.7 Å². The minimum atomic E-state index is -3.79. The van der Waals surface area contributed by atoms with Crippen LogP contribution < -0.4 is 9.47 Å². The van der Waals surface area contributed by atoms with Crippen molar-refractivity contribution < 1.29 is 23.0 Å². The Hall–Kier alpha value is -3.72. The number of methoxy groups -OCH3 is 1. The number of hydrogen-bond donors (Lipinski definition) is 1. The lowest BCUT2D eigenvalue weighted by atomic mass is 10.3. The van der Waals surface area contributed by atoms with E-state index >= 15 is 0 Å². The van der Waals surface area contributed by atoms with Crippen LogP contribution in [-0.4, -0.2) is 35.6 Å². The molecule has 146 valence electrons. The first-order valence-electron chi connectivity index (χ1n) is 8.45. The van der Waals surface area contributed by atoms with Crippen molar-refractivity contribution in [2.24, 2.45) is 0 Å². The molecule has 4 aromatic rings. The van der Waals surface area contributed by atoms with Crippen LogP contribution in [0.5, 0.6) is 23.4 Å². The molecule has 0 spiro atoms. The number of benzene rings is 2. The number of pyridine rings is 1. The lowest BCUT2D eigenvalue weighted by Crippen LogP contribution is -2.03. The molecule has 0 aliphatic heterocycles. The van der Waals surface area contributed by atoms with Crippen LogP contribution in [0.15, 0.2) is 76.8 Å². The van der Waals surface area contributed by atoms with E-state index in [1.54, 1.807) is 30.3 Å². The fourth-order valence-electron chi connectivity index (χ4n) is 2.70. The Bertz CT molecular complexity index is 1310. The first-order valence-corrected chi connectivity index (χ1v) is 9.93. The van der Waals surface area contributed by atoms with Crippen molar-refractivity contribution in [3.8, 4) is 23.4 Å². The summed E-state index contributed by atoms with van der Waals surface area (Å²) in [5.41, 5.74) is 0.398. The average molecular weight is 409 g/mol. The average Bonchev–Trinajstić information content (AvgIpc) is 2.74. The first-order chi connectivity index (χ1) is 14.0. The SMILES string of the molecule is COc1cccc(S(=O)(=O)c2cccc(Oc3nc(O)c4ccncc4n3)c2)c1. The van der Waals surface area contributed by atoms with Crippen molar-refractivity contribution >= 4 is 20.7 Å². The van der Waals surface area contributed by atoms with Gasteiger partial charge >= 0.3 is 6.01 Å². The quantitative estimate of drug-likeness (QED) is 0.534. The van der Waals surface area contributed by atoms with Gasteiger partial charge in [-0.1, -0.05) is 12.1 Å². The van der Waals surface area contributed by atoms with Crippen LogP contribution in [0.2, 0.25) is 0 Å². The summed E-state index contributed by atoms with van der Waals surface area (Å²) in [4.78, 5) is 12.2. The zero-order valence-electron chi connectivity index (χ0n) is 15.2. The molecule has 1 N–H and O–H groups in total. The van der Waals surface area contributed by atoms with E-state index in [1.165, 1.54) is 43.8 Å². The topological polar surface area (TPSA) is 112 Å². The molecule has 0 saturated carbocycles. The molecule has 2 aromatic heterocycles. The van der Waals surface area contributed by atoms with Crippen LogP contribution in [-0.2, 0) is 9.84 Å². The lowest BCUT2D eigenvalue weighted by Gasteiger charge is -2.09. The molecule has 0 atom stereocenters. The molecule has 4 rings (SSSR count). The summed E-state index contributed by atoms with van der Waals surface area (Å²) in [5, 5.41) is 10.5. The molecule has 0 unspecified atom stereocenters. The highest BCUT2D eigenvalue weighted by atomic mass is 32.2. The maximum Gasteiger partial charge on any atom is 0.325 e. The molecule has 0 bridgehead atoms. The second-order valence-electron chi connectivity index (χ2n) is 5.98. The molecular weight excluding hydrogens is 394 g/mol. The number of aromatic hydroxyl groups is 1. The fraction of sp³-hybridized carbons (Fsp3) is 0.0500. The van der Waals surface area contributed by atoms with E-state index in [-0.39, 0.29) is 27.4 Å². The number of ether oxygens (including phenoxy) is 2. The van der Waals surface area contributed by atoms with Gasteiger partial charge in [-0.05, 0) is 42.5 Å². The summed E-state index contributed by atoms with van der Waals surface area (Å²) in [6.45, 7) is 0. The van der Waals surface area contributed by atoms with Crippen LogP contribution in [0.4, 0.5) is 0 Å². The van der Waals surface area contributed by atoms with Gasteiger partial charge in [-0.25, -0.2) is 8.42 Å². The Balaban J connectivity index is 1.69. The molecule has 8 nitrogen and oxygen atoms in total. The maximum absolute atomic E-state index is 12.9. The van der Waals surface area contributed by atoms with Gasteiger partial charge in [0.2, 0.25) is 15.7 Å². The number of sulfone groups is 1. The predicted octanol–water partition coefficient (Wildman–Crippen LogP) is 3.36. The van der Waals surface area contributed by atoms with Crippen LogP contribution in [0.1, 0.15) is 0 Å². The number of aromatic nitrogens is 3. The molecule has 0 aliphatic carbocycles. The van der Waals surface area contributed by atoms with Gasteiger partial charge in [0.1, 0.15) is 11.5 Å². The van der Waals surface area contributed by atoms with Gasteiger partial charge in [0, 0.05) is 6.20 Å². The predicted molar refractivity (Wildman–Crippen MR) is 104 cm³/mol. The van der Waals surface area contributed by atoms with Gasteiger partial charge in [-0.15, -0.1) is 0 Å². The molecule has 0 aliphatic rings. The number of hydrogen-bond acceptors (Lipinski definition) is 8. The van der Waals surface area contributed by atoms with E-state index in [0.717, 1.165) is 0 Å². The van der Waals surface area contributed by atoms with Crippen molar-refractivity contribution in [2.75, 3.05) is 7.11 Å². The highest BCUT2D eigenvalue weighted by molar-refractivity contribution is 7.91. The van der Waals surface area contributed by atoms with Crippen molar-refractivity contribution in [1.29, 1.82) is 0 Å². The van der Waals surface area contributed by atoms with E-state index in [2.05, 4.69) is 15.0 Å². The van der Waals surface area contributed by atoms with Crippen LogP contribution >= 0.6 is 0 Å². The third kappa shape index (κ3) is 3.67. The van der Waals surface area contributed by atoms with Crippen molar-refractivity contribution in [2.45, 2.75) is 9.79 Å². The number of nitrogens with zero attached hydrogens (tertiary/aromatic N) is 3. The third-order valence-corrected chi connectivity index (χ3v) is 5.88. The van der Waals surface area contributed by atoms with E-state index < -0.39 is 9.84 Å². The van der Waals surface area contributed by atoms with Gasteiger partial charge in [0.25, 0.3) is 0 Å². The molecule has 2 aromatic carbocycles. The summed E-state index contributed by atoms with van der Waals surface area (Å²) in [6, 6.07) is 13.6. The molecule has 0 fully saturated rings. The largest absolute Gasteiger partial charge is 0.497 e. The van der Waals surface area contributed by atoms with Gasteiger partial charge in [0.05, 0.1) is 34.0 Å². The van der Waals surface area contributed by atoms with Crippen LogP contribution in [0, 0.1) is 0 Å². The first kappa shape index (κ1) is 18.6. The molecule has 2 heterocycles. The maximum atomic E-state index is 12.9. The van der Waals surface area contributed by atoms with Crippen molar-refractivity contribution in [3.63, 3.8) is 0 Å². The molecule has 0 saturated heterocycles. The zero-order chi connectivity index (χ0) is 20.4. The summed E-state index contributed by atoms with van der Waals surface area (Å²) < 4.78 is 36.6. The minimum Gasteiger partial charge on any atom is -0.497 e. The Morgan fingerprint density at radius 1 is 0.931 bits per heavy atom. The van der Waals surface area contributed by atoms with E-state index in [4.69, 9.17) is 9.47 Å². The normalized spacial score (nSPS) is 11.3. The minimum absolute atomic E-state index is 0.0370. The highest BCUT2D eigenvalue weighted by Gasteiger charge is 2.19. The Kier molecular flexibility index (Phi) is 4.73. The monoisotopic (exact) mass is 409 g/mol. The number of fused-ring (bicyclic) bond motifs is 1. The second-order valence-corrected chi connectivity index (χ2v) is 7.93. The fourth-order valence-corrected chi connectivity index (χ4v) is 4.03. The zero-order valence-corrected chi connectivity index (χ0v) is 16.0. The molecule has 29 heavy (non-hydrogen) atoms. The van der Waals surface area contributed by atoms with E-state index in [1.807, 2.05) is 0 Å². The van der Waals surface area contributed by atoms with Gasteiger partial charge in [-0.3, -0.25) is 4.98 Å². The Morgan fingerprint density at radius 2 is 1.62 bits per heavy atom. The van der Waals surface area contributed by atoms with E-state index in [9.17, 15) is 13.5 Å².